The van der Waals surface area contributed by atoms with Gasteiger partial charge in [-0.3, -0.25) is 0 Å². The molecule has 2 aromatic rings. The van der Waals surface area contributed by atoms with E-state index in [0.717, 1.165) is 0 Å². The van der Waals surface area contributed by atoms with Crippen molar-refractivity contribution in [3.8, 4) is 17.6 Å². The van der Waals surface area contributed by atoms with Crippen LogP contribution in [0.2, 0.25) is 5.02 Å². The van der Waals surface area contributed by atoms with Crippen molar-refractivity contribution in [2.45, 2.75) is 33.5 Å². The van der Waals surface area contributed by atoms with Crippen LogP contribution < -0.4 is 4.74 Å². The molecule has 0 heterocycles. The third-order valence-corrected chi connectivity index (χ3v) is 4.11. The summed E-state index contributed by atoms with van der Waals surface area (Å²) >= 11 is 6.05. The van der Waals surface area contributed by atoms with Crippen molar-refractivity contribution in [1.29, 1.82) is 0 Å². The largest absolute Gasteiger partial charge is 0.478 e. The molecule has 2 rings (SSSR count). The van der Waals surface area contributed by atoms with Gasteiger partial charge in [-0.1, -0.05) is 50.3 Å². The molecule has 0 spiro atoms. The number of aliphatic carboxylic acids is 1. The van der Waals surface area contributed by atoms with Gasteiger partial charge in [-0.25, -0.2) is 9.18 Å². The molecule has 1 unspecified atom stereocenters. The second kappa shape index (κ2) is 9.09. The van der Waals surface area contributed by atoms with E-state index in [1.165, 1.54) is 13.2 Å². The Morgan fingerprint density at radius 2 is 1.86 bits per heavy atom. The third-order valence-electron chi connectivity index (χ3n) is 3.87. The molecular formula is C22H22ClFO4. The molecule has 0 aliphatic carbocycles. The lowest BCUT2D eigenvalue weighted by molar-refractivity contribution is -0.150. The van der Waals surface area contributed by atoms with Gasteiger partial charge in [0.25, 0.3) is 0 Å². The minimum Gasteiger partial charge on any atom is -0.478 e. The number of methoxy groups -OCH3 is 1. The van der Waals surface area contributed by atoms with Gasteiger partial charge in [-0.2, -0.15) is 0 Å². The molecule has 0 aromatic heterocycles. The van der Waals surface area contributed by atoms with E-state index in [4.69, 9.17) is 21.1 Å². The number of carboxylic acid groups (broad SMARTS) is 1. The molecule has 0 fully saturated rings. The number of rotatable bonds is 5. The molecule has 148 valence electrons. The highest BCUT2D eigenvalue weighted by atomic mass is 35.5. The Bertz CT molecular complexity index is 922. The molecule has 2 aromatic carbocycles. The summed E-state index contributed by atoms with van der Waals surface area (Å²) in [6, 6.07) is 9.37. The summed E-state index contributed by atoms with van der Waals surface area (Å²) in [6.07, 6.45) is -1.08. The molecule has 1 N–H and O–H groups in total. The molecule has 0 aliphatic heterocycles. The molecule has 0 saturated carbocycles. The van der Waals surface area contributed by atoms with Crippen molar-refractivity contribution in [3.05, 3.63) is 63.9 Å². The van der Waals surface area contributed by atoms with Crippen molar-refractivity contribution < 1.29 is 23.8 Å². The predicted octanol–water partition coefficient (Wildman–Crippen LogP) is 4.90. The Hall–Kier alpha value is -2.55. The monoisotopic (exact) mass is 404 g/mol. The summed E-state index contributed by atoms with van der Waals surface area (Å²) in [4.78, 5) is 11.6. The normalized spacial score (nSPS) is 12.1. The van der Waals surface area contributed by atoms with Gasteiger partial charge >= 0.3 is 5.97 Å². The van der Waals surface area contributed by atoms with Gasteiger partial charge in [0.05, 0.1) is 17.7 Å². The van der Waals surface area contributed by atoms with Crippen LogP contribution in [0, 0.1) is 23.1 Å². The van der Waals surface area contributed by atoms with Crippen LogP contribution in [0.15, 0.2) is 36.4 Å². The van der Waals surface area contributed by atoms with Crippen LogP contribution >= 0.6 is 11.6 Å². The Kier molecular flexibility index (Phi) is 7.06. The van der Waals surface area contributed by atoms with Crippen LogP contribution in [0.5, 0.6) is 5.75 Å². The number of ether oxygens (including phenoxy) is 2. The van der Waals surface area contributed by atoms with Gasteiger partial charge in [0.2, 0.25) is 0 Å². The maximum atomic E-state index is 14.2. The summed E-state index contributed by atoms with van der Waals surface area (Å²) in [5.74, 6) is 4.31. The molecular weight excluding hydrogens is 383 g/mol. The first-order valence-corrected chi connectivity index (χ1v) is 8.98. The average Bonchev–Trinajstić information content (AvgIpc) is 2.59. The highest BCUT2D eigenvalue weighted by Gasteiger charge is 2.33. The zero-order chi connectivity index (χ0) is 20.9. The van der Waals surface area contributed by atoms with E-state index in [1.807, 2.05) is 0 Å². The van der Waals surface area contributed by atoms with Crippen LogP contribution in [0.4, 0.5) is 4.39 Å². The Morgan fingerprint density at radius 1 is 1.18 bits per heavy atom. The van der Waals surface area contributed by atoms with Gasteiger partial charge in [0.1, 0.15) is 11.6 Å². The van der Waals surface area contributed by atoms with Crippen molar-refractivity contribution in [2.24, 2.45) is 5.41 Å². The van der Waals surface area contributed by atoms with Crippen molar-refractivity contribution >= 4 is 17.6 Å². The van der Waals surface area contributed by atoms with Crippen LogP contribution in [-0.4, -0.2) is 24.3 Å². The third kappa shape index (κ3) is 5.72. The zero-order valence-electron chi connectivity index (χ0n) is 16.2. The summed E-state index contributed by atoms with van der Waals surface area (Å²) < 4.78 is 24.9. The topological polar surface area (TPSA) is 55.8 Å². The number of hydrogen-bond donors (Lipinski definition) is 1. The van der Waals surface area contributed by atoms with Crippen molar-refractivity contribution in [1.82, 2.24) is 0 Å². The lowest BCUT2D eigenvalue weighted by Gasteiger charge is -2.28. The van der Waals surface area contributed by atoms with Crippen molar-refractivity contribution in [3.63, 3.8) is 0 Å². The standard InChI is InChI=1S/C22H22ClFO4/c1-22(2,3)20(21(25)26)28-19-10-9-17(23)12-16(19)8-7-15-6-5-14(13-27-4)11-18(15)24/h5-6,9-12,20H,13H2,1-4H3,(H,25,26). The number of hydrogen-bond acceptors (Lipinski definition) is 3. The summed E-state index contributed by atoms with van der Waals surface area (Å²) in [7, 11) is 1.54. The molecule has 0 saturated heterocycles. The first kappa shape index (κ1) is 21.7. The Balaban J connectivity index is 2.39. The fourth-order valence-corrected chi connectivity index (χ4v) is 2.65. The summed E-state index contributed by atoms with van der Waals surface area (Å²) in [6.45, 7) is 5.61. The Morgan fingerprint density at radius 3 is 2.43 bits per heavy atom. The number of carbonyl (C=O) groups is 1. The van der Waals surface area contributed by atoms with Gasteiger partial charge < -0.3 is 14.6 Å². The molecule has 28 heavy (non-hydrogen) atoms. The molecule has 0 aliphatic rings. The van der Waals surface area contributed by atoms with Crippen LogP contribution in [0.25, 0.3) is 0 Å². The highest BCUT2D eigenvalue weighted by Crippen LogP contribution is 2.29. The predicted molar refractivity (Wildman–Crippen MR) is 106 cm³/mol. The zero-order valence-corrected chi connectivity index (χ0v) is 16.9. The number of halogens is 2. The summed E-state index contributed by atoms with van der Waals surface area (Å²) in [5.41, 5.74) is 0.644. The molecule has 0 radical (unpaired) electrons. The van der Waals surface area contributed by atoms with Gasteiger partial charge in [-0.15, -0.1) is 0 Å². The minimum atomic E-state index is -1.08. The Labute approximate surface area is 169 Å². The van der Waals surface area contributed by atoms with Crippen LogP contribution in [0.3, 0.4) is 0 Å². The lowest BCUT2D eigenvalue weighted by atomic mass is 9.89. The molecule has 1 atom stereocenters. The lowest BCUT2D eigenvalue weighted by Crippen LogP contribution is -2.39. The van der Waals surface area contributed by atoms with Crippen LogP contribution in [-0.2, 0) is 16.1 Å². The number of carboxylic acids is 1. The fraction of sp³-hybridized carbons (Fsp3) is 0.318. The molecule has 4 nitrogen and oxygen atoms in total. The first-order valence-electron chi connectivity index (χ1n) is 8.60. The van der Waals surface area contributed by atoms with E-state index in [2.05, 4.69) is 11.8 Å². The first-order chi connectivity index (χ1) is 13.1. The van der Waals surface area contributed by atoms with Gasteiger partial charge in [-0.05, 0) is 35.9 Å². The quantitative estimate of drug-likeness (QED) is 0.720. The van der Waals surface area contributed by atoms with Gasteiger partial charge in [0, 0.05) is 17.5 Å². The second-order valence-electron chi connectivity index (χ2n) is 7.34. The van der Waals surface area contributed by atoms with E-state index >= 15 is 0 Å². The van der Waals surface area contributed by atoms with Crippen molar-refractivity contribution in [2.75, 3.05) is 7.11 Å². The van der Waals surface area contributed by atoms with E-state index in [-0.39, 0.29) is 11.3 Å². The van der Waals surface area contributed by atoms with E-state index in [9.17, 15) is 14.3 Å². The molecule has 0 bridgehead atoms. The fourth-order valence-electron chi connectivity index (χ4n) is 2.48. The molecule has 0 amide bonds. The number of benzene rings is 2. The average molecular weight is 405 g/mol. The highest BCUT2D eigenvalue weighted by molar-refractivity contribution is 6.30. The minimum absolute atomic E-state index is 0.205. The molecule has 6 heteroatoms. The SMILES string of the molecule is COCc1ccc(C#Cc2cc(Cl)ccc2OC(C(=O)O)C(C)(C)C)c(F)c1. The van der Waals surface area contributed by atoms with E-state index in [0.29, 0.717) is 22.8 Å². The maximum absolute atomic E-state index is 14.2. The maximum Gasteiger partial charge on any atom is 0.345 e. The van der Waals surface area contributed by atoms with Gasteiger partial charge in [0.15, 0.2) is 6.10 Å². The second-order valence-corrected chi connectivity index (χ2v) is 7.78. The van der Waals surface area contributed by atoms with E-state index in [1.54, 1.807) is 51.1 Å². The smallest absolute Gasteiger partial charge is 0.345 e. The van der Waals surface area contributed by atoms with Crippen LogP contribution in [0.1, 0.15) is 37.5 Å². The summed E-state index contributed by atoms with van der Waals surface area (Å²) in [5, 5.41) is 9.89. The van der Waals surface area contributed by atoms with E-state index < -0.39 is 23.3 Å².